The van der Waals surface area contributed by atoms with E-state index in [0.717, 1.165) is 0 Å². The van der Waals surface area contributed by atoms with Crippen LogP contribution in [0.2, 0.25) is 0 Å². The van der Waals surface area contributed by atoms with Gasteiger partial charge in [-0.25, -0.2) is 9.59 Å². The number of ether oxygens (including phenoxy) is 2. The number of nitrogens with zero attached hydrogens (tertiary/aromatic N) is 1. The Hall–Kier alpha value is -0.910. The summed E-state index contributed by atoms with van der Waals surface area (Å²) in [7, 11) is 1.31. The predicted octanol–water partition coefficient (Wildman–Crippen LogP) is 1.47. The molecule has 0 spiro atoms. The minimum absolute atomic E-state index is 0.0216. The lowest BCUT2D eigenvalue weighted by atomic mass is 10.2. The monoisotopic (exact) mass is 261 g/mol. The lowest BCUT2D eigenvalue weighted by Gasteiger charge is -2.27. The molecular formula is C11H19NO4S. The van der Waals surface area contributed by atoms with Crippen LogP contribution in [0.3, 0.4) is 0 Å². The van der Waals surface area contributed by atoms with Crippen LogP contribution < -0.4 is 0 Å². The van der Waals surface area contributed by atoms with Gasteiger partial charge in [0.15, 0.2) is 0 Å². The number of rotatable bonds is 1. The van der Waals surface area contributed by atoms with E-state index in [2.05, 4.69) is 17.4 Å². The molecule has 0 saturated carbocycles. The van der Waals surface area contributed by atoms with Crippen molar-refractivity contribution in [3.8, 4) is 0 Å². The number of methoxy groups -OCH3 is 1. The van der Waals surface area contributed by atoms with Crippen molar-refractivity contribution in [3.63, 3.8) is 0 Å². The molecule has 5 nitrogen and oxygen atoms in total. The maximum Gasteiger partial charge on any atom is 0.411 e. The van der Waals surface area contributed by atoms with Crippen LogP contribution in [0.15, 0.2) is 0 Å². The minimum Gasteiger partial charge on any atom is -0.467 e. The smallest absolute Gasteiger partial charge is 0.411 e. The number of carbonyl (C=O) groups is 2. The maximum absolute atomic E-state index is 11.9. The van der Waals surface area contributed by atoms with E-state index in [1.54, 1.807) is 20.8 Å². The molecular weight excluding hydrogens is 242 g/mol. The van der Waals surface area contributed by atoms with Crippen molar-refractivity contribution in [2.45, 2.75) is 44.1 Å². The van der Waals surface area contributed by atoms with Gasteiger partial charge in [-0.15, -0.1) is 0 Å². The Kier molecular flexibility index (Phi) is 4.30. The maximum atomic E-state index is 11.9. The van der Waals surface area contributed by atoms with Gasteiger partial charge in [0, 0.05) is 11.8 Å². The van der Waals surface area contributed by atoms with Crippen LogP contribution in [0.5, 0.6) is 0 Å². The topological polar surface area (TPSA) is 55.8 Å². The molecule has 0 aliphatic carbocycles. The first-order valence-corrected chi connectivity index (χ1v) is 6.01. The molecule has 1 fully saturated rings. The predicted molar refractivity (Wildman–Crippen MR) is 66.1 cm³/mol. The Bertz CT molecular complexity index is 313. The lowest BCUT2D eigenvalue weighted by Crippen LogP contribution is -2.43. The normalized spacial score (nSPS) is 24.6. The van der Waals surface area contributed by atoms with Crippen LogP contribution >= 0.6 is 12.6 Å². The summed E-state index contributed by atoms with van der Waals surface area (Å²) in [5.74, 6) is -0.424. The molecule has 1 saturated heterocycles. The number of likely N-dealkylation sites (tertiary alicyclic amines) is 1. The molecule has 6 heteroatoms. The highest BCUT2D eigenvalue weighted by atomic mass is 32.1. The molecule has 0 aromatic rings. The Morgan fingerprint density at radius 2 is 1.94 bits per heavy atom. The second-order valence-corrected chi connectivity index (χ2v) is 5.79. The molecule has 0 aromatic carbocycles. The first-order valence-electron chi connectivity index (χ1n) is 5.50. The Balaban J connectivity index is 2.73. The van der Waals surface area contributed by atoms with Crippen molar-refractivity contribution in [2.75, 3.05) is 13.7 Å². The van der Waals surface area contributed by atoms with Crippen molar-refractivity contribution in [3.05, 3.63) is 0 Å². The van der Waals surface area contributed by atoms with Crippen molar-refractivity contribution < 1.29 is 19.1 Å². The Morgan fingerprint density at radius 1 is 1.35 bits per heavy atom. The summed E-state index contributed by atoms with van der Waals surface area (Å²) in [6, 6.07) is -0.586. The highest BCUT2D eigenvalue weighted by Crippen LogP contribution is 2.24. The molecule has 0 aromatic heterocycles. The van der Waals surface area contributed by atoms with Crippen molar-refractivity contribution >= 4 is 24.7 Å². The first-order chi connectivity index (χ1) is 7.74. The van der Waals surface area contributed by atoms with Crippen LogP contribution in [0.4, 0.5) is 4.79 Å². The zero-order valence-electron chi connectivity index (χ0n) is 10.6. The molecule has 2 atom stereocenters. The molecule has 1 heterocycles. The molecule has 1 aliphatic heterocycles. The van der Waals surface area contributed by atoms with Gasteiger partial charge in [-0.1, -0.05) is 0 Å². The molecule has 0 unspecified atom stereocenters. The SMILES string of the molecule is COC(=O)[C@H]1C[C@H](S)CN1C(=O)OC(C)(C)C. The summed E-state index contributed by atoms with van der Waals surface area (Å²) in [4.78, 5) is 24.8. The lowest BCUT2D eigenvalue weighted by molar-refractivity contribution is -0.145. The molecule has 0 N–H and O–H groups in total. The van der Waals surface area contributed by atoms with Gasteiger partial charge < -0.3 is 9.47 Å². The van der Waals surface area contributed by atoms with E-state index in [1.165, 1.54) is 12.0 Å². The van der Waals surface area contributed by atoms with Crippen LogP contribution in [0.1, 0.15) is 27.2 Å². The summed E-state index contributed by atoms with van der Waals surface area (Å²) >= 11 is 4.29. The van der Waals surface area contributed by atoms with Gasteiger partial charge in [0.2, 0.25) is 0 Å². The van der Waals surface area contributed by atoms with Gasteiger partial charge in [-0.3, -0.25) is 4.90 Å². The molecule has 1 rings (SSSR count). The fraction of sp³-hybridized carbons (Fsp3) is 0.818. The Labute approximate surface area is 107 Å². The zero-order chi connectivity index (χ0) is 13.2. The van der Waals surface area contributed by atoms with E-state index in [1.807, 2.05) is 0 Å². The summed E-state index contributed by atoms with van der Waals surface area (Å²) < 4.78 is 9.91. The second-order valence-electron chi connectivity index (χ2n) is 5.06. The number of carbonyl (C=O) groups excluding carboxylic acids is 2. The highest BCUT2D eigenvalue weighted by molar-refractivity contribution is 7.81. The fourth-order valence-electron chi connectivity index (χ4n) is 1.70. The van der Waals surface area contributed by atoms with Crippen LogP contribution in [0, 0.1) is 0 Å². The Morgan fingerprint density at radius 3 is 2.41 bits per heavy atom. The van der Waals surface area contributed by atoms with E-state index >= 15 is 0 Å². The number of amides is 1. The molecule has 98 valence electrons. The van der Waals surface area contributed by atoms with Gasteiger partial charge >= 0.3 is 12.1 Å². The van der Waals surface area contributed by atoms with E-state index in [9.17, 15) is 9.59 Å². The average molecular weight is 261 g/mol. The number of esters is 1. The van der Waals surface area contributed by atoms with Crippen molar-refractivity contribution in [1.82, 2.24) is 4.90 Å². The number of hydrogen-bond donors (Lipinski definition) is 1. The molecule has 0 bridgehead atoms. The number of thiol groups is 1. The van der Waals surface area contributed by atoms with Gasteiger partial charge in [0.05, 0.1) is 7.11 Å². The average Bonchev–Trinajstić information content (AvgIpc) is 2.56. The van der Waals surface area contributed by atoms with Crippen molar-refractivity contribution in [1.29, 1.82) is 0 Å². The van der Waals surface area contributed by atoms with Crippen LogP contribution in [-0.4, -0.2) is 47.5 Å². The molecule has 1 aliphatic rings. The molecule has 17 heavy (non-hydrogen) atoms. The molecule has 0 radical (unpaired) electrons. The highest BCUT2D eigenvalue weighted by Gasteiger charge is 2.40. The number of hydrogen-bond acceptors (Lipinski definition) is 5. The zero-order valence-corrected chi connectivity index (χ0v) is 11.5. The van der Waals surface area contributed by atoms with E-state index in [0.29, 0.717) is 13.0 Å². The summed E-state index contributed by atoms with van der Waals surface area (Å²) in [6.45, 7) is 5.75. The largest absolute Gasteiger partial charge is 0.467 e. The van der Waals surface area contributed by atoms with Crippen molar-refractivity contribution in [2.24, 2.45) is 0 Å². The molecule has 1 amide bonds. The summed E-state index contributed by atoms with van der Waals surface area (Å²) in [6.07, 6.45) is -0.000813. The second kappa shape index (κ2) is 5.16. The van der Waals surface area contributed by atoms with Crippen LogP contribution in [-0.2, 0) is 14.3 Å². The third-order valence-corrected chi connectivity index (χ3v) is 2.75. The van der Waals surface area contributed by atoms with E-state index in [-0.39, 0.29) is 5.25 Å². The quantitative estimate of drug-likeness (QED) is 0.573. The van der Waals surface area contributed by atoms with Crippen LogP contribution in [0.25, 0.3) is 0 Å². The van der Waals surface area contributed by atoms with E-state index in [4.69, 9.17) is 4.74 Å². The minimum atomic E-state index is -0.586. The first kappa shape index (κ1) is 14.2. The van der Waals surface area contributed by atoms with Gasteiger partial charge in [0.25, 0.3) is 0 Å². The van der Waals surface area contributed by atoms with E-state index < -0.39 is 23.7 Å². The van der Waals surface area contributed by atoms with Gasteiger partial charge in [-0.05, 0) is 27.2 Å². The van der Waals surface area contributed by atoms with Gasteiger partial charge in [-0.2, -0.15) is 12.6 Å². The third kappa shape index (κ3) is 3.80. The fourth-order valence-corrected chi connectivity index (χ4v) is 2.07. The summed E-state index contributed by atoms with van der Waals surface area (Å²) in [5.41, 5.74) is -0.577. The third-order valence-electron chi connectivity index (χ3n) is 2.38. The standard InChI is InChI=1S/C11H19NO4S/c1-11(2,3)16-10(14)12-6-7(17)5-8(12)9(13)15-4/h7-8,17H,5-6H2,1-4H3/t7-,8+/m0/s1. The summed E-state index contributed by atoms with van der Waals surface area (Å²) in [5, 5.41) is -0.0216. The van der Waals surface area contributed by atoms with Gasteiger partial charge in [0.1, 0.15) is 11.6 Å².